The SMILES string of the molecule is COc1cc(N=Cc2cc(Cl)cc(Cl)c2O)cc(OC)c1. The van der Waals surface area contributed by atoms with Crippen LogP contribution >= 0.6 is 23.2 Å². The summed E-state index contributed by atoms with van der Waals surface area (Å²) in [7, 11) is 3.12. The Morgan fingerprint density at radius 1 is 1.00 bits per heavy atom. The number of phenolic OH excluding ortho intramolecular Hbond substituents is 1. The van der Waals surface area contributed by atoms with Crippen LogP contribution in [0, 0.1) is 0 Å². The number of rotatable bonds is 4. The number of ether oxygens (including phenoxy) is 2. The number of methoxy groups -OCH3 is 2. The third kappa shape index (κ3) is 3.80. The number of aliphatic imine (C=N–C) groups is 1. The normalized spacial score (nSPS) is 10.9. The topological polar surface area (TPSA) is 51.0 Å². The van der Waals surface area contributed by atoms with Crippen LogP contribution in [-0.4, -0.2) is 25.5 Å². The molecule has 0 saturated heterocycles. The highest BCUT2D eigenvalue weighted by atomic mass is 35.5. The first-order valence-corrected chi connectivity index (χ1v) is 6.74. The fourth-order valence-corrected chi connectivity index (χ4v) is 2.20. The van der Waals surface area contributed by atoms with Crippen molar-refractivity contribution in [2.75, 3.05) is 14.2 Å². The number of phenols is 1. The van der Waals surface area contributed by atoms with Crippen molar-refractivity contribution in [3.63, 3.8) is 0 Å². The van der Waals surface area contributed by atoms with Gasteiger partial charge in [-0.25, -0.2) is 0 Å². The molecule has 0 spiro atoms. The lowest BCUT2D eigenvalue weighted by atomic mass is 10.2. The van der Waals surface area contributed by atoms with Crippen LogP contribution in [0.4, 0.5) is 5.69 Å². The van der Waals surface area contributed by atoms with Crippen molar-refractivity contribution in [2.45, 2.75) is 0 Å². The highest BCUT2D eigenvalue weighted by molar-refractivity contribution is 6.36. The van der Waals surface area contributed by atoms with Crippen molar-refractivity contribution in [3.05, 3.63) is 45.9 Å². The van der Waals surface area contributed by atoms with Crippen LogP contribution in [0.5, 0.6) is 17.2 Å². The van der Waals surface area contributed by atoms with E-state index in [0.29, 0.717) is 27.8 Å². The molecule has 6 heteroatoms. The Balaban J connectivity index is 2.37. The summed E-state index contributed by atoms with van der Waals surface area (Å²) in [5.74, 6) is 1.17. The maximum atomic E-state index is 9.87. The predicted octanol–water partition coefficient (Wildman–Crippen LogP) is 4.47. The van der Waals surface area contributed by atoms with E-state index >= 15 is 0 Å². The van der Waals surface area contributed by atoms with Gasteiger partial charge in [0.05, 0.1) is 24.9 Å². The number of hydrogen-bond donors (Lipinski definition) is 1. The summed E-state index contributed by atoms with van der Waals surface area (Å²) in [4.78, 5) is 4.27. The summed E-state index contributed by atoms with van der Waals surface area (Å²) in [6.07, 6.45) is 1.47. The van der Waals surface area contributed by atoms with E-state index in [0.717, 1.165) is 0 Å². The largest absolute Gasteiger partial charge is 0.506 e. The summed E-state index contributed by atoms with van der Waals surface area (Å²) >= 11 is 11.8. The second kappa shape index (κ2) is 6.70. The van der Waals surface area contributed by atoms with Gasteiger partial charge in [-0.3, -0.25) is 4.99 Å². The zero-order chi connectivity index (χ0) is 15.4. The molecule has 110 valence electrons. The zero-order valence-corrected chi connectivity index (χ0v) is 12.9. The van der Waals surface area contributed by atoms with E-state index in [1.165, 1.54) is 12.3 Å². The van der Waals surface area contributed by atoms with Gasteiger partial charge in [0, 0.05) is 35.0 Å². The van der Waals surface area contributed by atoms with Gasteiger partial charge >= 0.3 is 0 Å². The molecule has 0 saturated carbocycles. The lowest BCUT2D eigenvalue weighted by Crippen LogP contribution is -1.87. The van der Waals surface area contributed by atoms with Crippen molar-refractivity contribution >= 4 is 35.1 Å². The minimum atomic E-state index is -0.0697. The van der Waals surface area contributed by atoms with Crippen LogP contribution in [0.15, 0.2) is 35.3 Å². The molecule has 0 aromatic heterocycles. The number of benzene rings is 2. The van der Waals surface area contributed by atoms with E-state index in [4.69, 9.17) is 32.7 Å². The van der Waals surface area contributed by atoms with Crippen molar-refractivity contribution in [3.8, 4) is 17.2 Å². The van der Waals surface area contributed by atoms with Gasteiger partial charge in [0.2, 0.25) is 0 Å². The van der Waals surface area contributed by atoms with Gasteiger partial charge in [-0.2, -0.15) is 0 Å². The van der Waals surface area contributed by atoms with E-state index in [9.17, 15) is 5.11 Å². The average molecular weight is 326 g/mol. The van der Waals surface area contributed by atoms with Crippen molar-refractivity contribution in [2.24, 2.45) is 4.99 Å². The molecule has 0 heterocycles. The molecule has 0 fully saturated rings. The fraction of sp³-hybridized carbons (Fsp3) is 0.133. The molecule has 0 bridgehead atoms. The Kier molecular flexibility index (Phi) is 4.94. The van der Waals surface area contributed by atoms with Crippen LogP contribution < -0.4 is 9.47 Å². The number of nitrogens with zero attached hydrogens (tertiary/aromatic N) is 1. The Labute approximate surface area is 132 Å². The van der Waals surface area contributed by atoms with E-state index in [-0.39, 0.29) is 10.8 Å². The summed E-state index contributed by atoms with van der Waals surface area (Å²) < 4.78 is 10.3. The van der Waals surface area contributed by atoms with Crippen molar-refractivity contribution in [1.29, 1.82) is 0 Å². The second-order valence-corrected chi connectivity index (χ2v) is 5.00. The van der Waals surface area contributed by atoms with Crippen LogP contribution in [-0.2, 0) is 0 Å². The Bertz CT molecular complexity index is 665. The molecule has 4 nitrogen and oxygen atoms in total. The van der Waals surface area contributed by atoms with Crippen LogP contribution in [0.3, 0.4) is 0 Å². The minimum absolute atomic E-state index is 0.0697. The Morgan fingerprint density at radius 2 is 1.62 bits per heavy atom. The predicted molar refractivity (Wildman–Crippen MR) is 84.9 cm³/mol. The highest BCUT2D eigenvalue weighted by Crippen LogP contribution is 2.31. The molecular weight excluding hydrogens is 313 g/mol. The molecule has 0 radical (unpaired) electrons. The second-order valence-electron chi connectivity index (χ2n) is 4.15. The zero-order valence-electron chi connectivity index (χ0n) is 11.4. The van der Waals surface area contributed by atoms with E-state index in [1.807, 2.05) is 0 Å². The van der Waals surface area contributed by atoms with Gasteiger partial charge in [0.15, 0.2) is 0 Å². The van der Waals surface area contributed by atoms with Gasteiger partial charge in [-0.1, -0.05) is 23.2 Å². The monoisotopic (exact) mass is 325 g/mol. The first kappa shape index (κ1) is 15.5. The summed E-state index contributed by atoms with van der Waals surface area (Å²) in [5.41, 5.74) is 1.04. The third-order valence-electron chi connectivity index (χ3n) is 2.75. The standard InChI is InChI=1S/C15H13Cl2NO3/c1-20-12-5-11(6-13(7-12)21-2)18-8-9-3-10(16)4-14(17)15(9)19/h3-8,19H,1-2H3. The summed E-state index contributed by atoms with van der Waals surface area (Å²) in [5, 5.41) is 10.5. The maximum absolute atomic E-state index is 9.87. The molecule has 2 aromatic carbocycles. The summed E-state index contributed by atoms with van der Waals surface area (Å²) in [6, 6.07) is 8.26. The number of hydrogen-bond acceptors (Lipinski definition) is 4. The van der Waals surface area contributed by atoms with Gasteiger partial charge < -0.3 is 14.6 Å². The Hall–Kier alpha value is -1.91. The first-order valence-electron chi connectivity index (χ1n) is 5.98. The molecular formula is C15H13Cl2NO3. The molecule has 2 aromatic rings. The molecule has 2 rings (SSSR count). The molecule has 0 atom stereocenters. The molecule has 0 aliphatic carbocycles. The lowest BCUT2D eigenvalue weighted by Gasteiger charge is -2.06. The first-order chi connectivity index (χ1) is 10.0. The average Bonchev–Trinajstić information content (AvgIpc) is 2.48. The van der Waals surface area contributed by atoms with Crippen LogP contribution in [0.25, 0.3) is 0 Å². The van der Waals surface area contributed by atoms with Gasteiger partial charge in [-0.05, 0) is 12.1 Å². The molecule has 0 aliphatic heterocycles. The lowest BCUT2D eigenvalue weighted by molar-refractivity contribution is 0.394. The fourth-order valence-electron chi connectivity index (χ4n) is 1.70. The molecule has 1 N–H and O–H groups in total. The van der Waals surface area contributed by atoms with Gasteiger partial charge in [-0.15, -0.1) is 0 Å². The van der Waals surface area contributed by atoms with Crippen molar-refractivity contribution < 1.29 is 14.6 Å². The Morgan fingerprint density at radius 3 is 2.19 bits per heavy atom. The third-order valence-corrected chi connectivity index (χ3v) is 3.25. The molecule has 0 unspecified atom stereocenters. The van der Waals surface area contributed by atoms with E-state index in [2.05, 4.69) is 4.99 Å². The quantitative estimate of drug-likeness (QED) is 0.844. The smallest absolute Gasteiger partial charge is 0.143 e. The van der Waals surface area contributed by atoms with E-state index in [1.54, 1.807) is 38.5 Å². The number of halogens is 2. The van der Waals surface area contributed by atoms with Crippen LogP contribution in [0.1, 0.15) is 5.56 Å². The van der Waals surface area contributed by atoms with Gasteiger partial charge in [0.25, 0.3) is 0 Å². The highest BCUT2D eigenvalue weighted by Gasteiger charge is 2.06. The summed E-state index contributed by atoms with van der Waals surface area (Å²) in [6.45, 7) is 0. The minimum Gasteiger partial charge on any atom is -0.506 e. The number of aromatic hydroxyl groups is 1. The van der Waals surface area contributed by atoms with E-state index < -0.39 is 0 Å². The van der Waals surface area contributed by atoms with Crippen LogP contribution in [0.2, 0.25) is 10.0 Å². The molecule has 0 amide bonds. The maximum Gasteiger partial charge on any atom is 0.143 e. The molecule has 21 heavy (non-hydrogen) atoms. The van der Waals surface area contributed by atoms with Gasteiger partial charge in [0.1, 0.15) is 17.2 Å². The molecule has 0 aliphatic rings. The van der Waals surface area contributed by atoms with Crippen molar-refractivity contribution in [1.82, 2.24) is 0 Å².